The molecule has 1 aromatic heterocycles. The molecule has 0 fully saturated rings. The van der Waals surface area contributed by atoms with Crippen molar-refractivity contribution in [3.8, 4) is 5.75 Å². The maximum atomic E-state index is 13.7. The van der Waals surface area contributed by atoms with Gasteiger partial charge in [-0.2, -0.15) is 4.37 Å². The molecule has 2 rings (SSSR count). The van der Waals surface area contributed by atoms with Gasteiger partial charge < -0.3 is 21.5 Å². The van der Waals surface area contributed by atoms with Crippen molar-refractivity contribution in [3.05, 3.63) is 34.8 Å². The van der Waals surface area contributed by atoms with Crippen molar-refractivity contribution in [1.29, 1.82) is 0 Å². The second kappa shape index (κ2) is 10.4. The van der Waals surface area contributed by atoms with Crippen LogP contribution in [0.3, 0.4) is 0 Å². The van der Waals surface area contributed by atoms with E-state index in [1.807, 2.05) is 27.7 Å². The van der Waals surface area contributed by atoms with Gasteiger partial charge in [0.25, 0.3) is 11.8 Å². The largest absolute Gasteiger partial charge is 0.497 e. The van der Waals surface area contributed by atoms with E-state index in [1.165, 1.54) is 4.90 Å². The Morgan fingerprint density at radius 3 is 2.31 bits per heavy atom. The molecular weight excluding hydrogens is 430 g/mol. The summed E-state index contributed by atoms with van der Waals surface area (Å²) in [6, 6.07) is 6.02. The van der Waals surface area contributed by atoms with Gasteiger partial charge in [0.2, 0.25) is 5.91 Å². The standard InChI is InChI=1S/C22H31N5O4S/c1-6-7-8-15(20(29)25-22(2,3)4)27(13-9-11-14(31-5)12-10-13)21(30)18-16(23)17(19(24)28)26-32-18/h9-12,15H,6-8,23H2,1-5H3,(H2,24,28)(H,25,29)/t15-/m0/s1. The van der Waals surface area contributed by atoms with Crippen LogP contribution in [0.15, 0.2) is 24.3 Å². The van der Waals surface area contributed by atoms with E-state index >= 15 is 0 Å². The molecule has 174 valence electrons. The first-order valence-corrected chi connectivity index (χ1v) is 11.1. The highest BCUT2D eigenvalue weighted by molar-refractivity contribution is 7.09. The Kier molecular flexibility index (Phi) is 8.20. The zero-order valence-corrected chi connectivity index (χ0v) is 19.9. The minimum Gasteiger partial charge on any atom is -0.497 e. The summed E-state index contributed by atoms with van der Waals surface area (Å²) in [7, 11) is 1.54. The molecule has 0 saturated carbocycles. The van der Waals surface area contributed by atoms with Gasteiger partial charge in [-0.3, -0.25) is 19.3 Å². The summed E-state index contributed by atoms with van der Waals surface area (Å²) < 4.78 is 9.16. The first kappa shape index (κ1) is 25.1. The number of ether oxygens (including phenoxy) is 1. The van der Waals surface area contributed by atoms with Crippen molar-refractivity contribution in [1.82, 2.24) is 9.69 Å². The number of carbonyl (C=O) groups is 3. The zero-order valence-electron chi connectivity index (χ0n) is 19.1. The molecule has 10 heteroatoms. The first-order chi connectivity index (χ1) is 15.0. The van der Waals surface area contributed by atoms with Crippen LogP contribution >= 0.6 is 11.5 Å². The summed E-state index contributed by atoms with van der Waals surface area (Å²) in [4.78, 5) is 40.0. The van der Waals surface area contributed by atoms with Crippen LogP contribution in [0.1, 0.15) is 67.1 Å². The number of amides is 3. The molecule has 0 spiro atoms. The highest BCUT2D eigenvalue weighted by Crippen LogP contribution is 2.30. The molecule has 5 N–H and O–H groups in total. The van der Waals surface area contributed by atoms with Crippen LogP contribution in [-0.2, 0) is 4.79 Å². The molecule has 1 heterocycles. The second-order valence-corrected chi connectivity index (χ2v) is 9.18. The number of nitrogens with zero attached hydrogens (tertiary/aromatic N) is 2. The van der Waals surface area contributed by atoms with E-state index in [2.05, 4.69) is 9.69 Å². The lowest BCUT2D eigenvalue weighted by molar-refractivity contribution is -0.123. The van der Waals surface area contributed by atoms with Crippen LogP contribution in [0.4, 0.5) is 11.4 Å². The molecule has 0 unspecified atom stereocenters. The van der Waals surface area contributed by atoms with Crippen molar-refractivity contribution >= 4 is 40.6 Å². The number of aromatic nitrogens is 1. The van der Waals surface area contributed by atoms with E-state index in [9.17, 15) is 14.4 Å². The smallest absolute Gasteiger partial charge is 0.272 e. The molecule has 2 aromatic rings. The van der Waals surface area contributed by atoms with E-state index < -0.39 is 23.4 Å². The summed E-state index contributed by atoms with van der Waals surface area (Å²) >= 11 is 0.786. The monoisotopic (exact) mass is 461 g/mol. The molecule has 0 radical (unpaired) electrons. The minimum absolute atomic E-state index is 0.0553. The Morgan fingerprint density at radius 2 is 1.84 bits per heavy atom. The van der Waals surface area contributed by atoms with Crippen molar-refractivity contribution < 1.29 is 19.1 Å². The third kappa shape index (κ3) is 5.97. The maximum absolute atomic E-state index is 13.7. The molecule has 0 bridgehead atoms. The molecular formula is C22H31N5O4S. The van der Waals surface area contributed by atoms with Gasteiger partial charge >= 0.3 is 0 Å². The van der Waals surface area contributed by atoms with Crippen LogP contribution in [0.5, 0.6) is 5.75 Å². The van der Waals surface area contributed by atoms with Gasteiger partial charge in [0.1, 0.15) is 16.7 Å². The molecule has 0 saturated heterocycles. The number of hydrogen-bond acceptors (Lipinski definition) is 7. The SMILES string of the molecule is CCCC[C@@H](C(=O)NC(C)(C)C)N(C(=O)c1snc(C(N)=O)c1N)c1ccc(OC)cc1. The normalized spacial score (nSPS) is 12.2. The quantitative estimate of drug-likeness (QED) is 0.524. The Bertz CT molecular complexity index is 966. The number of primary amides is 1. The fraction of sp³-hybridized carbons (Fsp3) is 0.455. The fourth-order valence-electron chi connectivity index (χ4n) is 3.15. The second-order valence-electron chi connectivity index (χ2n) is 8.41. The predicted octanol–water partition coefficient (Wildman–Crippen LogP) is 2.95. The number of carbonyl (C=O) groups excluding carboxylic acids is 3. The highest BCUT2D eigenvalue weighted by Gasteiger charge is 2.35. The van der Waals surface area contributed by atoms with E-state index in [-0.39, 0.29) is 22.2 Å². The molecule has 32 heavy (non-hydrogen) atoms. The summed E-state index contributed by atoms with van der Waals surface area (Å²) in [5.41, 5.74) is 11.1. The Labute approximate surface area is 192 Å². The molecule has 9 nitrogen and oxygen atoms in total. The average Bonchev–Trinajstić information content (AvgIpc) is 3.11. The lowest BCUT2D eigenvalue weighted by atomic mass is 10.0. The molecule has 1 atom stereocenters. The molecule has 3 amide bonds. The van der Waals surface area contributed by atoms with Gasteiger partial charge in [-0.05, 0) is 63.0 Å². The van der Waals surface area contributed by atoms with E-state index in [0.717, 1.165) is 24.4 Å². The number of nitrogens with one attached hydrogen (secondary N) is 1. The zero-order chi connectivity index (χ0) is 24.1. The number of benzene rings is 1. The van der Waals surface area contributed by atoms with Gasteiger partial charge in [0.15, 0.2) is 5.69 Å². The van der Waals surface area contributed by atoms with Crippen molar-refractivity contribution in [3.63, 3.8) is 0 Å². The van der Waals surface area contributed by atoms with Gasteiger partial charge in [0.05, 0.1) is 12.8 Å². The summed E-state index contributed by atoms with van der Waals surface area (Å²) in [6.07, 6.45) is 2.02. The topological polar surface area (TPSA) is 141 Å². The fourth-order valence-corrected chi connectivity index (χ4v) is 3.89. The Hall–Kier alpha value is -3.14. The average molecular weight is 462 g/mol. The number of hydrogen-bond donors (Lipinski definition) is 3. The summed E-state index contributed by atoms with van der Waals surface area (Å²) in [6.45, 7) is 7.64. The van der Waals surface area contributed by atoms with Gasteiger partial charge in [-0.25, -0.2) is 0 Å². The number of methoxy groups -OCH3 is 1. The van der Waals surface area contributed by atoms with E-state index in [1.54, 1.807) is 31.4 Å². The number of anilines is 2. The summed E-state index contributed by atoms with van der Waals surface area (Å²) in [5.74, 6) is -1.02. The van der Waals surface area contributed by atoms with Crippen molar-refractivity contribution in [2.75, 3.05) is 17.7 Å². The molecule has 1 aromatic carbocycles. The third-order valence-electron chi connectivity index (χ3n) is 4.67. The van der Waals surface area contributed by atoms with Crippen LogP contribution in [0.2, 0.25) is 0 Å². The van der Waals surface area contributed by atoms with Crippen molar-refractivity contribution in [2.24, 2.45) is 5.73 Å². The predicted molar refractivity (Wildman–Crippen MR) is 126 cm³/mol. The third-order valence-corrected chi connectivity index (χ3v) is 5.52. The lowest BCUT2D eigenvalue weighted by Crippen LogP contribution is -2.54. The van der Waals surface area contributed by atoms with Gasteiger partial charge in [-0.15, -0.1) is 0 Å². The van der Waals surface area contributed by atoms with Crippen LogP contribution in [0, 0.1) is 0 Å². The number of nitrogens with two attached hydrogens (primary N) is 2. The van der Waals surface area contributed by atoms with Crippen LogP contribution < -0.4 is 26.4 Å². The first-order valence-electron chi connectivity index (χ1n) is 10.3. The van der Waals surface area contributed by atoms with Gasteiger partial charge in [0, 0.05) is 11.2 Å². The molecule has 0 aliphatic carbocycles. The van der Waals surface area contributed by atoms with Crippen molar-refractivity contribution in [2.45, 2.75) is 58.5 Å². The van der Waals surface area contributed by atoms with Crippen LogP contribution in [-0.4, -0.2) is 40.8 Å². The molecule has 0 aliphatic rings. The van der Waals surface area contributed by atoms with Crippen LogP contribution in [0.25, 0.3) is 0 Å². The summed E-state index contributed by atoms with van der Waals surface area (Å²) in [5, 5.41) is 2.97. The number of nitrogen functional groups attached to an aromatic ring is 1. The van der Waals surface area contributed by atoms with E-state index in [0.29, 0.717) is 17.9 Å². The highest BCUT2D eigenvalue weighted by atomic mass is 32.1. The number of rotatable bonds is 9. The van der Waals surface area contributed by atoms with E-state index in [4.69, 9.17) is 16.2 Å². The van der Waals surface area contributed by atoms with Gasteiger partial charge in [-0.1, -0.05) is 19.8 Å². The minimum atomic E-state index is -0.818. The Balaban J connectivity index is 2.60. The molecule has 0 aliphatic heterocycles. The Morgan fingerprint density at radius 1 is 1.22 bits per heavy atom. The lowest BCUT2D eigenvalue weighted by Gasteiger charge is -2.33. The maximum Gasteiger partial charge on any atom is 0.272 e. The number of unbranched alkanes of at least 4 members (excludes halogenated alkanes) is 1.